The highest BCUT2D eigenvalue weighted by Gasteiger charge is 2.30. The fourth-order valence-electron chi connectivity index (χ4n) is 1.84. The predicted molar refractivity (Wildman–Crippen MR) is 75.6 cm³/mol. The van der Waals surface area contributed by atoms with Crippen molar-refractivity contribution in [2.45, 2.75) is 26.1 Å². The van der Waals surface area contributed by atoms with Crippen LogP contribution in [0.4, 0.5) is 19.0 Å². The summed E-state index contributed by atoms with van der Waals surface area (Å²) in [7, 11) is 0. The molecule has 0 aliphatic rings. The number of carbonyl (C=O) groups is 1. The quantitative estimate of drug-likeness (QED) is 0.914. The van der Waals surface area contributed by atoms with E-state index in [0.29, 0.717) is 5.69 Å². The fraction of sp³-hybridized carbons (Fsp3) is 0.286. The van der Waals surface area contributed by atoms with Gasteiger partial charge in [-0.2, -0.15) is 18.3 Å². The minimum atomic E-state index is -4.45. The summed E-state index contributed by atoms with van der Waals surface area (Å²) >= 11 is 0. The van der Waals surface area contributed by atoms with E-state index in [2.05, 4.69) is 10.4 Å². The molecule has 1 aromatic carbocycles. The lowest BCUT2D eigenvalue weighted by Crippen LogP contribution is -2.33. The SMILES string of the molecule is Cc1cc(NC(=O)[C@H](C)N)n(-c2cccc(C(F)(F)F)c2)n1. The second-order valence-electron chi connectivity index (χ2n) is 4.91. The molecule has 3 N–H and O–H groups in total. The number of hydrogen-bond acceptors (Lipinski definition) is 3. The average molecular weight is 312 g/mol. The van der Waals surface area contributed by atoms with Gasteiger partial charge in [0, 0.05) is 6.07 Å². The molecule has 8 heteroatoms. The van der Waals surface area contributed by atoms with E-state index in [1.807, 2.05) is 0 Å². The molecule has 0 aliphatic carbocycles. The Bertz CT molecular complexity index is 692. The van der Waals surface area contributed by atoms with Crippen molar-refractivity contribution in [2.24, 2.45) is 5.73 Å². The van der Waals surface area contributed by atoms with Crippen molar-refractivity contribution in [1.29, 1.82) is 0 Å². The zero-order valence-corrected chi connectivity index (χ0v) is 12.0. The normalized spacial score (nSPS) is 13.0. The Labute approximate surface area is 124 Å². The van der Waals surface area contributed by atoms with Crippen molar-refractivity contribution in [2.75, 3.05) is 5.32 Å². The summed E-state index contributed by atoms with van der Waals surface area (Å²) in [5.74, 6) is -0.188. The highest BCUT2D eigenvalue weighted by Crippen LogP contribution is 2.30. The van der Waals surface area contributed by atoms with Crippen LogP contribution in [0.3, 0.4) is 0 Å². The van der Waals surface area contributed by atoms with Crippen LogP contribution < -0.4 is 11.1 Å². The zero-order chi connectivity index (χ0) is 16.5. The van der Waals surface area contributed by atoms with Gasteiger partial charge in [-0.3, -0.25) is 4.79 Å². The molecule has 5 nitrogen and oxygen atoms in total. The molecule has 2 rings (SSSR count). The summed E-state index contributed by atoms with van der Waals surface area (Å²) in [6, 6.07) is 5.51. The standard InChI is InChI=1S/C14H15F3N4O/c1-8-6-12(19-13(22)9(2)18)21(20-8)11-5-3-4-10(7-11)14(15,16)17/h3-7,9H,18H2,1-2H3,(H,19,22)/t9-/m0/s1. The van der Waals surface area contributed by atoms with Crippen molar-refractivity contribution in [3.8, 4) is 5.69 Å². The lowest BCUT2D eigenvalue weighted by atomic mass is 10.2. The lowest BCUT2D eigenvalue weighted by molar-refractivity contribution is -0.137. The van der Waals surface area contributed by atoms with Gasteiger partial charge in [-0.1, -0.05) is 6.07 Å². The Morgan fingerprint density at radius 2 is 2.05 bits per heavy atom. The first-order valence-corrected chi connectivity index (χ1v) is 6.49. The minimum absolute atomic E-state index is 0.197. The molecule has 0 saturated heterocycles. The molecule has 1 aromatic heterocycles. The summed E-state index contributed by atoms with van der Waals surface area (Å²) in [5, 5.41) is 6.65. The second-order valence-corrected chi connectivity index (χ2v) is 4.91. The van der Waals surface area contributed by atoms with Crippen molar-refractivity contribution in [1.82, 2.24) is 9.78 Å². The van der Waals surface area contributed by atoms with Crippen LogP contribution in [0.1, 0.15) is 18.2 Å². The maximum Gasteiger partial charge on any atom is 0.416 e. The first-order chi connectivity index (χ1) is 10.2. The molecule has 0 spiro atoms. The van der Waals surface area contributed by atoms with Crippen molar-refractivity contribution in [3.63, 3.8) is 0 Å². The molecule has 1 heterocycles. The van der Waals surface area contributed by atoms with Crippen LogP contribution >= 0.6 is 0 Å². The van der Waals surface area contributed by atoms with Gasteiger partial charge in [0.05, 0.1) is 23.0 Å². The summed E-state index contributed by atoms with van der Waals surface area (Å²) in [6.07, 6.45) is -4.45. The Kier molecular flexibility index (Phi) is 4.23. The average Bonchev–Trinajstić information content (AvgIpc) is 2.78. The van der Waals surface area contributed by atoms with Crippen LogP contribution in [0, 0.1) is 6.92 Å². The summed E-state index contributed by atoms with van der Waals surface area (Å²) in [6.45, 7) is 3.18. The van der Waals surface area contributed by atoms with E-state index >= 15 is 0 Å². The Morgan fingerprint density at radius 3 is 2.64 bits per heavy atom. The fourth-order valence-corrected chi connectivity index (χ4v) is 1.84. The van der Waals surface area contributed by atoms with Gasteiger partial charge in [-0.15, -0.1) is 0 Å². The monoisotopic (exact) mass is 312 g/mol. The highest BCUT2D eigenvalue weighted by atomic mass is 19.4. The maximum absolute atomic E-state index is 12.8. The topological polar surface area (TPSA) is 72.9 Å². The van der Waals surface area contributed by atoms with Crippen LogP contribution in [0.5, 0.6) is 0 Å². The summed E-state index contributed by atoms with van der Waals surface area (Å²) in [4.78, 5) is 11.7. The lowest BCUT2D eigenvalue weighted by Gasteiger charge is -2.12. The van der Waals surface area contributed by atoms with E-state index < -0.39 is 23.7 Å². The molecular formula is C14H15F3N4O. The van der Waals surface area contributed by atoms with E-state index in [0.717, 1.165) is 12.1 Å². The Morgan fingerprint density at radius 1 is 1.36 bits per heavy atom. The molecule has 0 unspecified atom stereocenters. The van der Waals surface area contributed by atoms with Gasteiger partial charge >= 0.3 is 6.18 Å². The van der Waals surface area contributed by atoms with Crippen LogP contribution in [-0.2, 0) is 11.0 Å². The molecule has 118 valence electrons. The van der Waals surface area contributed by atoms with Gasteiger partial charge in [0.25, 0.3) is 0 Å². The molecule has 0 saturated carbocycles. The Hall–Kier alpha value is -2.35. The number of aryl methyl sites for hydroxylation is 1. The number of benzene rings is 1. The summed E-state index contributed by atoms with van der Waals surface area (Å²) < 4.78 is 39.6. The number of aromatic nitrogens is 2. The van der Waals surface area contributed by atoms with Gasteiger partial charge in [-0.05, 0) is 32.0 Å². The van der Waals surface area contributed by atoms with E-state index in [4.69, 9.17) is 5.73 Å². The third kappa shape index (κ3) is 3.45. The number of nitrogens with zero attached hydrogens (tertiary/aromatic N) is 2. The van der Waals surface area contributed by atoms with Crippen LogP contribution in [0.2, 0.25) is 0 Å². The first-order valence-electron chi connectivity index (χ1n) is 6.49. The van der Waals surface area contributed by atoms with Gasteiger partial charge in [0.1, 0.15) is 5.82 Å². The van der Waals surface area contributed by atoms with Gasteiger partial charge < -0.3 is 11.1 Å². The third-order valence-corrected chi connectivity index (χ3v) is 2.91. The largest absolute Gasteiger partial charge is 0.416 e. The maximum atomic E-state index is 12.8. The van der Waals surface area contributed by atoms with Gasteiger partial charge in [0.15, 0.2) is 0 Å². The second kappa shape index (κ2) is 5.80. The van der Waals surface area contributed by atoms with Gasteiger partial charge in [0.2, 0.25) is 5.91 Å². The minimum Gasteiger partial charge on any atom is -0.320 e. The van der Waals surface area contributed by atoms with E-state index in [1.165, 1.54) is 23.7 Å². The summed E-state index contributed by atoms with van der Waals surface area (Å²) in [5.41, 5.74) is 5.43. The number of rotatable bonds is 3. The Balaban J connectivity index is 2.43. The van der Waals surface area contributed by atoms with E-state index in [-0.39, 0.29) is 11.5 Å². The van der Waals surface area contributed by atoms with Gasteiger partial charge in [-0.25, -0.2) is 4.68 Å². The zero-order valence-electron chi connectivity index (χ0n) is 12.0. The molecule has 1 atom stereocenters. The molecule has 1 amide bonds. The number of amides is 1. The van der Waals surface area contributed by atoms with E-state index in [1.54, 1.807) is 13.0 Å². The van der Waals surface area contributed by atoms with Crippen LogP contribution in [-0.4, -0.2) is 21.7 Å². The van der Waals surface area contributed by atoms with E-state index in [9.17, 15) is 18.0 Å². The van der Waals surface area contributed by atoms with Crippen LogP contribution in [0.25, 0.3) is 5.69 Å². The number of nitrogens with two attached hydrogens (primary N) is 1. The number of carbonyl (C=O) groups excluding carboxylic acids is 1. The molecule has 22 heavy (non-hydrogen) atoms. The number of hydrogen-bond donors (Lipinski definition) is 2. The van der Waals surface area contributed by atoms with Crippen molar-refractivity contribution < 1.29 is 18.0 Å². The van der Waals surface area contributed by atoms with Crippen molar-refractivity contribution >= 4 is 11.7 Å². The molecule has 0 radical (unpaired) electrons. The molecule has 0 fully saturated rings. The smallest absolute Gasteiger partial charge is 0.320 e. The number of anilines is 1. The number of alkyl halides is 3. The number of nitrogens with one attached hydrogen (secondary N) is 1. The predicted octanol–water partition coefficient (Wildman–Crippen LogP) is 2.49. The molecule has 2 aromatic rings. The van der Waals surface area contributed by atoms with Crippen LogP contribution in [0.15, 0.2) is 30.3 Å². The van der Waals surface area contributed by atoms with Crippen molar-refractivity contribution in [3.05, 3.63) is 41.6 Å². The number of halogens is 3. The first kappa shape index (κ1) is 16.0. The molecule has 0 aliphatic heterocycles. The third-order valence-electron chi connectivity index (χ3n) is 2.91. The molecular weight excluding hydrogens is 297 g/mol. The highest BCUT2D eigenvalue weighted by molar-refractivity contribution is 5.93. The molecule has 0 bridgehead atoms.